The molecule has 0 spiro atoms. The van der Waals surface area contributed by atoms with E-state index in [0.29, 0.717) is 17.1 Å². The summed E-state index contributed by atoms with van der Waals surface area (Å²) in [5, 5.41) is 2.69. The molecule has 0 fully saturated rings. The fourth-order valence-electron chi connectivity index (χ4n) is 2.37. The lowest BCUT2D eigenvalue weighted by Gasteiger charge is -2.23. The molecule has 1 amide bonds. The number of fused-ring (bicyclic) bond motifs is 1. The highest BCUT2D eigenvalue weighted by Crippen LogP contribution is 2.32. The summed E-state index contributed by atoms with van der Waals surface area (Å²) in [5.41, 5.74) is 2.72. The Hall–Kier alpha value is -2.54. The smallest absolute Gasteiger partial charge is 0.265 e. The van der Waals surface area contributed by atoms with Crippen molar-refractivity contribution in [3.8, 4) is 5.75 Å². The molecular formula is C17H18N2O4S. The maximum absolute atomic E-state index is 12.5. The number of hydrogen-bond acceptors (Lipinski definition) is 4. The topological polar surface area (TPSA) is 84.5 Å². The summed E-state index contributed by atoms with van der Waals surface area (Å²) in [5.74, 6) is 0.243. The van der Waals surface area contributed by atoms with Gasteiger partial charge >= 0.3 is 0 Å². The lowest BCUT2D eigenvalue weighted by Crippen LogP contribution is -2.34. The van der Waals surface area contributed by atoms with E-state index in [2.05, 4.69) is 10.0 Å². The van der Waals surface area contributed by atoms with Gasteiger partial charge in [0.15, 0.2) is 6.10 Å². The molecule has 0 saturated carbocycles. The van der Waals surface area contributed by atoms with Crippen molar-refractivity contribution < 1.29 is 17.9 Å². The van der Waals surface area contributed by atoms with Crippen LogP contribution in [0.3, 0.4) is 0 Å². The first-order chi connectivity index (χ1) is 11.3. The highest BCUT2D eigenvalue weighted by atomic mass is 32.2. The zero-order valence-corrected chi connectivity index (χ0v) is 14.4. The van der Waals surface area contributed by atoms with Crippen molar-refractivity contribution in [1.82, 2.24) is 0 Å². The summed E-state index contributed by atoms with van der Waals surface area (Å²) in [6.07, 6.45) is -0.574. The molecule has 2 aromatic carbocycles. The number of anilines is 2. The third-order valence-electron chi connectivity index (χ3n) is 3.95. The molecule has 1 atom stereocenters. The van der Waals surface area contributed by atoms with Crippen LogP contribution in [0, 0.1) is 13.8 Å². The molecule has 6 nitrogen and oxygen atoms in total. The molecule has 0 saturated heterocycles. The first kappa shape index (κ1) is 16.3. The van der Waals surface area contributed by atoms with Gasteiger partial charge in [0.1, 0.15) is 5.75 Å². The summed E-state index contributed by atoms with van der Waals surface area (Å²) in [7, 11) is -3.71. The summed E-state index contributed by atoms with van der Waals surface area (Å²) in [4.78, 5) is 11.9. The molecule has 0 aromatic heterocycles. The van der Waals surface area contributed by atoms with Crippen LogP contribution in [-0.2, 0) is 14.8 Å². The van der Waals surface area contributed by atoms with E-state index in [1.165, 1.54) is 6.07 Å². The Labute approximate surface area is 140 Å². The molecule has 24 heavy (non-hydrogen) atoms. The fraction of sp³-hybridized carbons (Fsp3) is 0.235. The summed E-state index contributed by atoms with van der Waals surface area (Å²) in [6.45, 7) is 5.43. The Bertz CT molecular complexity index is 922. The highest BCUT2D eigenvalue weighted by Gasteiger charge is 2.24. The molecule has 3 rings (SSSR count). The van der Waals surface area contributed by atoms with Crippen molar-refractivity contribution in [2.24, 2.45) is 0 Å². The zero-order chi connectivity index (χ0) is 17.5. The first-order valence-electron chi connectivity index (χ1n) is 7.48. The Morgan fingerprint density at radius 1 is 1.08 bits per heavy atom. The van der Waals surface area contributed by atoms with Crippen molar-refractivity contribution >= 4 is 27.3 Å². The molecule has 2 aromatic rings. The number of carbonyl (C=O) groups excluding carboxylic acids is 1. The van der Waals surface area contributed by atoms with Crippen LogP contribution in [0.4, 0.5) is 11.4 Å². The lowest BCUT2D eigenvalue weighted by atomic mass is 10.1. The molecule has 0 unspecified atom stereocenters. The van der Waals surface area contributed by atoms with Crippen molar-refractivity contribution in [3.05, 3.63) is 47.5 Å². The van der Waals surface area contributed by atoms with Crippen LogP contribution < -0.4 is 14.8 Å². The minimum Gasteiger partial charge on any atom is -0.479 e. The van der Waals surface area contributed by atoms with Crippen LogP contribution in [0.2, 0.25) is 0 Å². The van der Waals surface area contributed by atoms with Crippen LogP contribution in [0.5, 0.6) is 5.75 Å². The molecule has 7 heteroatoms. The molecule has 0 aliphatic carbocycles. The Kier molecular flexibility index (Phi) is 3.96. The maximum atomic E-state index is 12.5. The van der Waals surface area contributed by atoms with Gasteiger partial charge < -0.3 is 10.1 Å². The minimum absolute atomic E-state index is 0.192. The van der Waals surface area contributed by atoms with Gasteiger partial charge in [-0.3, -0.25) is 9.52 Å². The van der Waals surface area contributed by atoms with Gasteiger partial charge in [0.2, 0.25) is 0 Å². The monoisotopic (exact) mass is 346 g/mol. The van der Waals surface area contributed by atoms with Gasteiger partial charge in [0.05, 0.1) is 16.3 Å². The van der Waals surface area contributed by atoms with Crippen LogP contribution in [0.15, 0.2) is 41.3 Å². The summed E-state index contributed by atoms with van der Waals surface area (Å²) < 4.78 is 33.0. The number of nitrogens with one attached hydrogen (secondary N) is 2. The van der Waals surface area contributed by atoms with E-state index in [4.69, 9.17) is 4.74 Å². The van der Waals surface area contributed by atoms with Crippen molar-refractivity contribution in [3.63, 3.8) is 0 Å². The lowest BCUT2D eigenvalue weighted by molar-refractivity contribution is -0.122. The van der Waals surface area contributed by atoms with Gasteiger partial charge in [-0.05, 0) is 62.2 Å². The Morgan fingerprint density at radius 2 is 1.83 bits per heavy atom. The number of aryl methyl sites for hydroxylation is 2. The molecule has 2 N–H and O–H groups in total. The first-order valence-corrected chi connectivity index (χ1v) is 8.96. The van der Waals surface area contributed by atoms with E-state index in [9.17, 15) is 13.2 Å². The number of carbonyl (C=O) groups is 1. The highest BCUT2D eigenvalue weighted by molar-refractivity contribution is 7.92. The normalized spacial score (nSPS) is 16.8. The van der Waals surface area contributed by atoms with Crippen molar-refractivity contribution in [1.29, 1.82) is 0 Å². The largest absolute Gasteiger partial charge is 0.479 e. The van der Waals surface area contributed by atoms with E-state index < -0.39 is 16.1 Å². The molecule has 1 heterocycles. The van der Waals surface area contributed by atoms with Gasteiger partial charge in [-0.2, -0.15) is 0 Å². The van der Waals surface area contributed by atoms with Gasteiger partial charge in [0.25, 0.3) is 15.9 Å². The van der Waals surface area contributed by atoms with Crippen LogP contribution in [0.1, 0.15) is 18.1 Å². The minimum atomic E-state index is -3.71. The number of sulfonamides is 1. The van der Waals surface area contributed by atoms with E-state index in [-0.39, 0.29) is 10.8 Å². The van der Waals surface area contributed by atoms with E-state index in [1.54, 1.807) is 37.3 Å². The SMILES string of the molecule is Cc1ccc(S(=O)(=O)Nc2ccc3c(c2)NC(=O)[C@@H](C)O3)cc1C. The van der Waals surface area contributed by atoms with Gasteiger partial charge in [-0.25, -0.2) is 8.42 Å². The average molecular weight is 346 g/mol. The van der Waals surface area contributed by atoms with Gasteiger partial charge in [-0.1, -0.05) is 6.07 Å². The standard InChI is InChI=1S/C17H18N2O4S/c1-10-4-6-14(8-11(10)2)24(21,22)19-13-5-7-16-15(9-13)18-17(20)12(3)23-16/h4-9,12,19H,1-3H3,(H,18,20)/t12-/m1/s1. The van der Waals surface area contributed by atoms with Gasteiger partial charge in [-0.15, -0.1) is 0 Å². The maximum Gasteiger partial charge on any atom is 0.265 e. The fourth-order valence-corrected chi connectivity index (χ4v) is 3.50. The number of rotatable bonds is 3. The summed E-state index contributed by atoms with van der Waals surface area (Å²) >= 11 is 0. The number of benzene rings is 2. The van der Waals surface area contributed by atoms with Crippen LogP contribution >= 0.6 is 0 Å². The van der Waals surface area contributed by atoms with E-state index in [0.717, 1.165) is 11.1 Å². The quantitative estimate of drug-likeness (QED) is 0.895. The number of hydrogen-bond donors (Lipinski definition) is 2. The predicted molar refractivity (Wildman–Crippen MR) is 91.9 cm³/mol. The van der Waals surface area contributed by atoms with E-state index >= 15 is 0 Å². The molecule has 1 aliphatic heterocycles. The van der Waals surface area contributed by atoms with Gasteiger partial charge in [0, 0.05) is 0 Å². The third-order valence-corrected chi connectivity index (χ3v) is 5.33. The zero-order valence-electron chi connectivity index (χ0n) is 13.6. The Morgan fingerprint density at radius 3 is 2.54 bits per heavy atom. The van der Waals surface area contributed by atoms with Crippen LogP contribution in [0.25, 0.3) is 0 Å². The summed E-state index contributed by atoms with van der Waals surface area (Å²) in [6, 6.07) is 9.73. The molecule has 0 radical (unpaired) electrons. The third kappa shape index (κ3) is 3.07. The van der Waals surface area contributed by atoms with E-state index in [1.807, 2.05) is 13.8 Å². The molecule has 0 bridgehead atoms. The van der Waals surface area contributed by atoms with Crippen molar-refractivity contribution in [2.45, 2.75) is 31.8 Å². The number of ether oxygens (including phenoxy) is 1. The van der Waals surface area contributed by atoms with Crippen molar-refractivity contribution in [2.75, 3.05) is 10.0 Å². The second-order valence-electron chi connectivity index (χ2n) is 5.81. The van der Waals surface area contributed by atoms with Crippen LogP contribution in [-0.4, -0.2) is 20.4 Å². The second kappa shape index (κ2) is 5.83. The molecular weight excluding hydrogens is 328 g/mol. The Balaban J connectivity index is 1.89. The predicted octanol–water partition coefficient (Wildman–Crippen LogP) is 2.82. The average Bonchev–Trinajstić information content (AvgIpc) is 2.51. The molecule has 1 aliphatic rings. The number of amides is 1. The molecule has 126 valence electrons. The second-order valence-corrected chi connectivity index (χ2v) is 7.49.